The van der Waals surface area contributed by atoms with Gasteiger partial charge in [-0.15, -0.1) is 5.10 Å². The van der Waals surface area contributed by atoms with Crippen molar-refractivity contribution in [1.29, 1.82) is 0 Å². The van der Waals surface area contributed by atoms with Crippen LogP contribution >= 0.6 is 0 Å². The SMILES string of the molecule is COc1ccc(Cn2nnc(C(=O)O)c2CCN)c(F)c1. The van der Waals surface area contributed by atoms with Crippen molar-refractivity contribution in [3.05, 3.63) is 41.0 Å². The van der Waals surface area contributed by atoms with Crippen LogP contribution in [0.25, 0.3) is 0 Å². The highest BCUT2D eigenvalue weighted by Gasteiger charge is 2.19. The summed E-state index contributed by atoms with van der Waals surface area (Å²) in [6.07, 6.45) is 0.298. The second-order valence-corrected chi connectivity index (χ2v) is 4.34. The maximum atomic E-state index is 13.9. The number of benzene rings is 1. The van der Waals surface area contributed by atoms with Crippen molar-refractivity contribution in [3.63, 3.8) is 0 Å². The number of rotatable bonds is 6. The van der Waals surface area contributed by atoms with Crippen LogP contribution in [-0.2, 0) is 13.0 Å². The zero-order chi connectivity index (χ0) is 15.4. The molecule has 0 amide bonds. The zero-order valence-electron chi connectivity index (χ0n) is 11.4. The van der Waals surface area contributed by atoms with E-state index < -0.39 is 11.8 Å². The van der Waals surface area contributed by atoms with Crippen molar-refractivity contribution in [3.8, 4) is 5.75 Å². The fraction of sp³-hybridized carbons (Fsp3) is 0.308. The Morgan fingerprint density at radius 1 is 1.52 bits per heavy atom. The summed E-state index contributed by atoms with van der Waals surface area (Å²) < 4.78 is 20.2. The van der Waals surface area contributed by atoms with E-state index in [2.05, 4.69) is 10.3 Å². The lowest BCUT2D eigenvalue weighted by molar-refractivity contribution is 0.0689. The van der Waals surface area contributed by atoms with Gasteiger partial charge in [0.2, 0.25) is 0 Å². The number of halogens is 1. The van der Waals surface area contributed by atoms with Gasteiger partial charge in [0.1, 0.15) is 11.6 Å². The van der Waals surface area contributed by atoms with Gasteiger partial charge in [-0.05, 0) is 12.6 Å². The number of aromatic nitrogens is 3. The normalized spacial score (nSPS) is 10.6. The third-order valence-electron chi connectivity index (χ3n) is 3.00. The predicted molar refractivity (Wildman–Crippen MR) is 71.8 cm³/mol. The zero-order valence-corrected chi connectivity index (χ0v) is 11.4. The number of carboxylic acid groups (broad SMARTS) is 1. The third kappa shape index (κ3) is 3.16. The van der Waals surface area contributed by atoms with Crippen molar-refractivity contribution in [1.82, 2.24) is 15.0 Å². The molecule has 21 heavy (non-hydrogen) atoms. The lowest BCUT2D eigenvalue weighted by Gasteiger charge is -2.08. The Hall–Kier alpha value is -2.48. The second kappa shape index (κ2) is 6.31. The molecule has 0 fully saturated rings. The molecular formula is C13H15FN4O3. The first kappa shape index (κ1) is 14.9. The molecule has 3 N–H and O–H groups in total. The lowest BCUT2D eigenvalue weighted by Crippen LogP contribution is -2.14. The number of aromatic carboxylic acids is 1. The van der Waals surface area contributed by atoms with Gasteiger partial charge in [-0.3, -0.25) is 0 Å². The summed E-state index contributed by atoms with van der Waals surface area (Å²) in [5.41, 5.74) is 6.04. The summed E-state index contributed by atoms with van der Waals surface area (Å²) in [6, 6.07) is 4.44. The number of hydrogen-bond acceptors (Lipinski definition) is 5. The number of hydrogen-bond donors (Lipinski definition) is 2. The highest BCUT2D eigenvalue weighted by atomic mass is 19.1. The smallest absolute Gasteiger partial charge is 0.358 e. The summed E-state index contributed by atoms with van der Waals surface area (Å²) in [5, 5.41) is 16.4. The predicted octanol–water partition coefficient (Wildman–Crippen LogP) is 0.673. The average Bonchev–Trinajstić information content (AvgIpc) is 2.84. The van der Waals surface area contributed by atoms with E-state index in [4.69, 9.17) is 15.6 Å². The summed E-state index contributed by atoms with van der Waals surface area (Å²) in [4.78, 5) is 11.1. The fourth-order valence-electron chi connectivity index (χ4n) is 1.95. The van der Waals surface area contributed by atoms with Crippen molar-refractivity contribution in [2.45, 2.75) is 13.0 Å². The van der Waals surface area contributed by atoms with Crippen LogP contribution in [0.3, 0.4) is 0 Å². The van der Waals surface area contributed by atoms with Gasteiger partial charge < -0.3 is 15.6 Å². The highest BCUT2D eigenvalue weighted by molar-refractivity contribution is 5.86. The van der Waals surface area contributed by atoms with E-state index in [-0.39, 0.29) is 18.8 Å². The maximum absolute atomic E-state index is 13.9. The molecule has 1 aromatic heterocycles. The summed E-state index contributed by atoms with van der Waals surface area (Å²) in [5.74, 6) is -1.23. The topological polar surface area (TPSA) is 103 Å². The van der Waals surface area contributed by atoms with E-state index in [1.807, 2.05) is 0 Å². The molecule has 112 valence electrons. The minimum Gasteiger partial charge on any atom is -0.497 e. The van der Waals surface area contributed by atoms with Gasteiger partial charge in [0.25, 0.3) is 0 Å². The molecular weight excluding hydrogens is 279 g/mol. The Kier molecular flexibility index (Phi) is 4.49. The summed E-state index contributed by atoms with van der Waals surface area (Å²) >= 11 is 0. The van der Waals surface area contributed by atoms with E-state index in [0.29, 0.717) is 23.4 Å². The number of carbonyl (C=O) groups is 1. The Morgan fingerprint density at radius 3 is 2.86 bits per heavy atom. The van der Waals surface area contributed by atoms with E-state index >= 15 is 0 Å². The largest absolute Gasteiger partial charge is 0.497 e. The summed E-state index contributed by atoms with van der Waals surface area (Å²) in [7, 11) is 1.45. The molecule has 2 rings (SSSR count). The second-order valence-electron chi connectivity index (χ2n) is 4.34. The highest BCUT2D eigenvalue weighted by Crippen LogP contribution is 2.18. The van der Waals surface area contributed by atoms with Crippen molar-refractivity contribution in [2.24, 2.45) is 5.73 Å². The van der Waals surface area contributed by atoms with E-state index in [1.165, 1.54) is 17.9 Å². The first-order valence-corrected chi connectivity index (χ1v) is 6.25. The molecule has 0 aliphatic rings. The molecule has 0 saturated carbocycles. The fourth-order valence-corrected chi connectivity index (χ4v) is 1.95. The van der Waals surface area contributed by atoms with Crippen LogP contribution in [0.4, 0.5) is 4.39 Å². The molecule has 1 heterocycles. The third-order valence-corrected chi connectivity index (χ3v) is 3.00. The minimum absolute atomic E-state index is 0.0748. The van der Waals surface area contributed by atoms with Crippen molar-refractivity contribution >= 4 is 5.97 Å². The number of nitrogens with two attached hydrogens (primary N) is 1. The van der Waals surface area contributed by atoms with Gasteiger partial charge in [-0.25, -0.2) is 13.9 Å². The molecule has 0 radical (unpaired) electrons. The van der Waals surface area contributed by atoms with E-state index in [9.17, 15) is 9.18 Å². The molecule has 2 aromatic rings. The van der Waals surface area contributed by atoms with E-state index in [1.54, 1.807) is 12.1 Å². The number of methoxy groups -OCH3 is 1. The molecule has 0 bridgehead atoms. The molecule has 0 saturated heterocycles. The van der Waals surface area contributed by atoms with Crippen molar-refractivity contribution in [2.75, 3.05) is 13.7 Å². The molecule has 0 aliphatic heterocycles. The Bertz CT molecular complexity index is 657. The van der Waals surface area contributed by atoms with Gasteiger partial charge in [-0.2, -0.15) is 0 Å². The molecule has 7 nitrogen and oxygen atoms in total. The first-order valence-electron chi connectivity index (χ1n) is 6.25. The molecule has 0 aliphatic carbocycles. The number of ether oxygens (including phenoxy) is 1. The number of carboxylic acids is 1. The Labute approximate surface area is 120 Å². The van der Waals surface area contributed by atoms with Crippen molar-refractivity contribution < 1.29 is 19.0 Å². The van der Waals surface area contributed by atoms with Gasteiger partial charge in [-0.1, -0.05) is 11.3 Å². The van der Waals surface area contributed by atoms with Crippen LogP contribution in [0.5, 0.6) is 5.75 Å². The van der Waals surface area contributed by atoms with Gasteiger partial charge in [0.15, 0.2) is 5.69 Å². The average molecular weight is 294 g/mol. The molecule has 0 spiro atoms. The Morgan fingerprint density at radius 2 is 2.29 bits per heavy atom. The molecule has 8 heteroatoms. The minimum atomic E-state index is -1.18. The van der Waals surface area contributed by atoms with Gasteiger partial charge >= 0.3 is 5.97 Å². The van der Waals surface area contributed by atoms with Crippen LogP contribution in [0.2, 0.25) is 0 Å². The van der Waals surface area contributed by atoms with Crippen LogP contribution in [0, 0.1) is 5.82 Å². The summed E-state index contributed by atoms with van der Waals surface area (Å²) in [6.45, 7) is 0.324. The monoisotopic (exact) mass is 294 g/mol. The molecule has 0 atom stereocenters. The Balaban J connectivity index is 2.33. The van der Waals surface area contributed by atoms with Crippen LogP contribution in [-0.4, -0.2) is 39.7 Å². The molecule has 1 aromatic carbocycles. The van der Waals surface area contributed by atoms with Gasteiger partial charge in [0.05, 0.1) is 19.3 Å². The first-order chi connectivity index (χ1) is 10.1. The van der Waals surface area contributed by atoms with Gasteiger partial charge in [0, 0.05) is 18.1 Å². The quantitative estimate of drug-likeness (QED) is 0.811. The van der Waals surface area contributed by atoms with Crippen LogP contribution < -0.4 is 10.5 Å². The van der Waals surface area contributed by atoms with Crippen LogP contribution in [0.15, 0.2) is 18.2 Å². The standard InChI is InChI=1S/C13H15FN4O3/c1-21-9-3-2-8(10(14)6-9)7-18-11(4-5-15)12(13(19)20)16-17-18/h2-3,6H,4-5,7,15H2,1H3,(H,19,20). The van der Waals surface area contributed by atoms with Crippen LogP contribution in [0.1, 0.15) is 21.7 Å². The molecule has 0 unspecified atom stereocenters. The maximum Gasteiger partial charge on any atom is 0.358 e. The lowest BCUT2D eigenvalue weighted by atomic mass is 10.2. The van der Waals surface area contributed by atoms with E-state index in [0.717, 1.165) is 0 Å². The number of nitrogens with zero attached hydrogens (tertiary/aromatic N) is 3.